The van der Waals surface area contributed by atoms with Gasteiger partial charge in [0.05, 0.1) is 0 Å². The van der Waals surface area contributed by atoms with Crippen molar-refractivity contribution in [2.45, 2.75) is 18.9 Å². The molecular weight excluding hydrogens is 225 g/mol. The Morgan fingerprint density at radius 1 is 1.40 bits per heavy atom. The number of aliphatic hydroxyl groups is 2. The first-order chi connectivity index (χ1) is 6.87. The van der Waals surface area contributed by atoms with Crippen molar-refractivity contribution in [2.24, 2.45) is 0 Å². The van der Waals surface area contributed by atoms with E-state index in [2.05, 4.69) is 14.4 Å². The molecule has 0 rings (SSSR count). The molecule has 0 aromatic heterocycles. The zero-order chi connectivity index (χ0) is 12.1. The number of nitrogens with one attached hydrogen (secondary N) is 1. The van der Waals surface area contributed by atoms with Crippen LogP contribution in [-0.2, 0) is 18.4 Å². The van der Waals surface area contributed by atoms with Gasteiger partial charge in [-0.2, -0.15) is 0 Å². The van der Waals surface area contributed by atoms with Gasteiger partial charge in [0.25, 0.3) is 0 Å². The number of carbonyl (C=O) groups excluding carboxylic acids is 1. The lowest BCUT2D eigenvalue weighted by atomic mass is 10.4. The summed E-state index contributed by atoms with van der Waals surface area (Å²) in [5.74, 6) is -2.06. The SMILES string of the molecule is COP(=O)(OC)[C@H](O)[C@@H](O)CNC(C)=O. The summed E-state index contributed by atoms with van der Waals surface area (Å²) in [7, 11) is -1.54. The number of amides is 1. The maximum Gasteiger partial charge on any atom is 0.361 e. The first-order valence-electron chi connectivity index (χ1n) is 4.19. The number of carbonyl (C=O) groups is 1. The Kier molecular flexibility index (Phi) is 6.00. The standard InChI is InChI=1S/C7H16NO6P/c1-5(9)8-4-6(10)7(11)15(12,13-2)14-3/h6-7,10-11H,4H2,1-3H3,(H,8,9)/t6-,7-/m0/s1. The molecule has 0 aromatic carbocycles. The Balaban J connectivity index is 4.35. The molecule has 8 heteroatoms. The van der Waals surface area contributed by atoms with E-state index in [1.165, 1.54) is 6.92 Å². The second kappa shape index (κ2) is 6.19. The lowest BCUT2D eigenvalue weighted by Gasteiger charge is -2.23. The molecule has 0 fully saturated rings. The summed E-state index contributed by atoms with van der Waals surface area (Å²) in [6, 6.07) is 0. The van der Waals surface area contributed by atoms with E-state index < -0.39 is 19.5 Å². The minimum atomic E-state index is -3.73. The molecule has 0 aromatic rings. The average Bonchev–Trinajstić information content (AvgIpc) is 2.23. The minimum Gasteiger partial charge on any atom is -0.388 e. The van der Waals surface area contributed by atoms with Crippen LogP contribution in [0.5, 0.6) is 0 Å². The van der Waals surface area contributed by atoms with Crippen molar-refractivity contribution in [3.63, 3.8) is 0 Å². The zero-order valence-corrected chi connectivity index (χ0v) is 9.73. The van der Waals surface area contributed by atoms with Crippen LogP contribution in [0.2, 0.25) is 0 Å². The molecule has 15 heavy (non-hydrogen) atoms. The van der Waals surface area contributed by atoms with Gasteiger partial charge in [-0.05, 0) is 0 Å². The normalized spacial score (nSPS) is 15.8. The molecule has 0 saturated carbocycles. The van der Waals surface area contributed by atoms with Gasteiger partial charge < -0.3 is 24.6 Å². The van der Waals surface area contributed by atoms with E-state index in [0.29, 0.717) is 0 Å². The topological polar surface area (TPSA) is 105 Å². The Morgan fingerprint density at radius 2 is 1.87 bits per heavy atom. The van der Waals surface area contributed by atoms with Gasteiger partial charge in [0, 0.05) is 27.7 Å². The van der Waals surface area contributed by atoms with Gasteiger partial charge in [0.1, 0.15) is 6.10 Å². The highest BCUT2D eigenvalue weighted by Gasteiger charge is 2.37. The largest absolute Gasteiger partial charge is 0.388 e. The summed E-state index contributed by atoms with van der Waals surface area (Å²) >= 11 is 0. The van der Waals surface area contributed by atoms with Crippen molar-refractivity contribution in [1.29, 1.82) is 0 Å². The van der Waals surface area contributed by atoms with Crippen molar-refractivity contribution in [3.8, 4) is 0 Å². The molecule has 2 atom stereocenters. The molecule has 1 amide bonds. The van der Waals surface area contributed by atoms with Gasteiger partial charge >= 0.3 is 7.60 Å². The predicted octanol–water partition coefficient (Wildman–Crippen LogP) is -0.712. The Bertz CT molecular complexity index is 250. The van der Waals surface area contributed by atoms with Crippen LogP contribution >= 0.6 is 7.60 Å². The van der Waals surface area contributed by atoms with Gasteiger partial charge in [0.2, 0.25) is 5.91 Å². The van der Waals surface area contributed by atoms with Crippen molar-refractivity contribution in [2.75, 3.05) is 20.8 Å². The van der Waals surface area contributed by atoms with E-state index in [4.69, 9.17) is 0 Å². The summed E-state index contributed by atoms with van der Waals surface area (Å²) in [4.78, 5) is 10.5. The van der Waals surface area contributed by atoms with Crippen molar-refractivity contribution >= 4 is 13.5 Å². The molecule has 0 heterocycles. The van der Waals surface area contributed by atoms with Crippen LogP contribution in [0.1, 0.15) is 6.92 Å². The van der Waals surface area contributed by atoms with Crippen molar-refractivity contribution in [1.82, 2.24) is 5.32 Å². The van der Waals surface area contributed by atoms with Gasteiger partial charge in [0.15, 0.2) is 5.85 Å². The van der Waals surface area contributed by atoms with Gasteiger partial charge in [-0.25, -0.2) is 0 Å². The van der Waals surface area contributed by atoms with Crippen molar-refractivity contribution < 1.29 is 28.6 Å². The van der Waals surface area contributed by atoms with Gasteiger partial charge in [-0.1, -0.05) is 0 Å². The van der Waals surface area contributed by atoms with Crippen LogP contribution in [0.25, 0.3) is 0 Å². The maximum absolute atomic E-state index is 11.6. The minimum absolute atomic E-state index is 0.229. The molecule has 0 bridgehead atoms. The van der Waals surface area contributed by atoms with Crippen LogP contribution < -0.4 is 5.32 Å². The summed E-state index contributed by atoms with van der Waals surface area (Å²) in [6.45, 7) is 1.03. The third-order valence-electron chi connectivity index (χ3n) is 1.74. The third-order valence-corrected chi connectivity index (χ3v) is 3.75. The van der Waals surface area contributed by atoms with Crippen LogP contribution in [0.3, 0.4) is 0 Å². The molecule has 3 N–H and O–H groups in total. The first-order valence-corrected chi connectivity index (χ1v) is 5.80. The van der Waals surface area contributed by atoms with Gasteiger partial charge in [-0.3, -0.25) is 9.36 Å². The number of hydrogen-bond acceptors (Lipinski definition) is 6. The van der Waals surface area contributed by atoms with E-state index in [-0.39, 0.29) is 12.5 Å². The fourth-order valence-electron chi connectivity index (χ4n) is 0.855. The van der Waals surface area contributed by atoms with E-state index in [9.17, 15) is 19.6 Å². The van der Waals surface area contributed by atoms with E-state index in [1.54, 1.807) is 0 Å². The van der Waals surface area contributed by atoms with Crippen LogP contribution in [0, 0.1) is 0 Å². The lowest BCUT2D eigenvalue weighted by molar-refractivity contribution is -0.119. The Labute approximate surface area is 87.9 Å². The fourth-order valence-corrected chi connectivity index (χ4v) is 1.96. The smallest absolute Gasteiger partial charge is 0.361 e. The lowest BCUT2D eigenvalue weighted by Crippen LogP contribution is -2.38. The van der Waals surface area contributed by atoms with Gasteiger partial charge in [-0.15, -0.1) is 0 Å². The monoisotopic (exact) mass is 241 g/mol. The number of aliphatic hydroxyl groups excluding tert-OH is 2. The molecule has 7 nitrogen and oxygen atoms in total. The molecule has 0 aliphatic rings. The van der Waals surface area contributed by atoms with Crippen molar-refractivity contribution in [3.05, 3.63) is 0 Å². The molecular formula is C7H16NO6P. The predicted molar refractivity (Wildman–Crippen MR) is 52.3 cm³/mol. The molecule has 0 unspecified atom stereocenters. The van der Waals surface area contributed by atoms with Crippen LogP contribution in [-0.4, -0.2) is 48.8 Å². The average molecular weight is 241 g/mol. The second-order valence-corrected chi connectivity index (χ2v) is 5.16. The van der Waals surface area contributed by atoms with Crippen LogP contribution in [0.4, 0.5) is 0 Å². The highest BCUT2D eigenvalue weighted by atomic mass is 31.2. The summed E-state index contributed by atoms with van der Waals surface area (Å²) < 4.78 is 20.5. The highest BCUT2D eigenvalue weighted by molar-refractivity contribution is 7.54. The second-order valence-electron chi connectivity index (χ2n) is 2.82. The molecule has 0 radical (unpaired) electrons. The molecule has 0 aliphatic carbocycles. The molecule has 0 spiro atoms. The zero-order valence-electron chi connectivity index (χ0n) is 8.84. The highest BCUT2D eigenvalue weighted by Crippen LogP contribution is 2.51. The maximum atomic E-state index is 11.6. The molecule has 0 saturated heterocycles. The van der Waals surface area contributed by atoms with E-state index >= 15 is 0 Å². The summed E-state index contributed by atoms with van der Waals surface area (Å²) in [5.41, 5.74) is 0. The van der Waals surface area contributed by atoms with E-state index in [1.807, 2.05) is 0 Å². The van der Waals surface area contributed by atoms with Crippen LogP contribution in [0.15, 0.2) is 0 Å². The Hall–Kier alpha value is -0.460. The molecule has 90 valence electrons. The fraction of sp³-hybridized carbons (Fsp3) is 0.857. The molecule has 0 aliphatic heterocycles. The first kappa shape index (κ1) is 14.5. The number of rotatable bonds is 6. The number of hydrogen-bond donors (Lipinski definition) is 3. The summed E-state index contributed by atoms with van der Waals surface area (Å²) in [5, 5.41) is 21.1. The third kappa shape index (κ3) is 4.27. The van der Waals surface area contributed by atoms with E-state index in [0.717, 1.165) is 14.2 Å². The summed E-state index contributed by atoms with van der Waals surface area (Å²) in [6.07, 6.45) is -1.42. The Morgan fingerprint density at radius 3 is 2.20 bits per heavy atom. The quantitative estimate of drug-likeness (QED) is 0.530.